The second-order valence-corrected chi connectivity index (χ2v) is 6.26. The minimum absolute atomic E-state index is 0.561. The maximum atomic E-state index is 5.68. The van der Waals surface area contributed by atoms with Crippen molar-refractivity contribution in [1.29, 1.82) is 0 Å². The zero-order valence-corrected chi connectivity index (χ0v) is 14.6. The molecule has 0 saturated carbocycles. The van der Waals surface area contributed by atoms with E-state index in [1.165, 1.54) is 0 Å². The zero-order valence-electron chi connectivity index (χ0n) is 14.6. The third-order valence-corrected chi connectivity index (χ3v) is 4.44. The Bertz CT molecular complexity index is 1110. The van der Waals surface area contributed by atoms with Crippen LogP contribution in [-0.4, -0.2) is 23.2 Å². The van der Waals surface area contributed by atoms with Crippen molar-refractivity contribution >= 4 is 22.4 Å². The number of aromatic nitrogens is 2. The highest BCUT2D eigenvalue weighted by Gasteiger charge is 2.14. The van der Waals surface area contributed by atoms with Gasteiger partial charge >= 0.3 is 0 Å². The average Bonchev–Trinajstić information content (AvgIpc) is 2.74. The summed E-state index contributed by atoms with van der Waals surface area (Å²) in [7, 11) is 0. The van der Waals surface area contributed by atoms with Crippen molar-refractivity contribution in [2.24, 2.45) is 0 Å². The first kappa shape index (κ1) is 15.6. The van der Waals surface area contributed by atoms with Gasteiger partial charge in [-0.1, -0.05) is 42.5 Å². The quantitative estimate of drug-likeness (QED) is 0.571. The number of rotatable bonds is 3. The molecule has 5 heteroatoms. The van der Waals surface area contributed by atoms with Gasteiger partial charge in [-0.25, -0.2) is 9.97 Å². The van der Waals surface area contributed by atoms with Crippen molar-refractivity contribution < 1.29 is 9.47 Å². The Morgan fingerprint density at radius 3 is 2.41 bits per heavy atom. The van der Waals surface area contributed by atoms with Crippen LogP contribution in [0.25, 0.3) is 22.3 Å². The Kier molecular flexibility index (Phi) is 3.83. The maximum Gasteiger partial charge on any atom is 0.163 e. The van der Waals surface area contributed by atoms with Crippen LogP contribution in [0.15, 0.2) is 72.8 Å². The Hall–Kier alpha value is -3.60. The molecule has 132 valence electrons. The van der Waals surface area contributed by atoms with Crippen molar-refractivity contribution in [2.45, 2.75) is 0 Å². The van der Waals surface area contributed by atoms with Crippen molar-refractivity contribution in [3.05, 3.63) is 72.8 Å². The standard InChI is InChI=1S/C22H17N3O2/c1-2-6-15(7-3-1)21-24-18-9-5-4-8-17(18)22(25-21)23-16-10-11-19-20(14-16)27-13-12-26-19/h1-11,14H,12-13H2,(H,23,24,25). The molecule has 27 heavy (non-hydrogen) atoms. The number of para-hydroxylation sites is 1. The SMILES string of the molecule is c1ccc(-c2nc(Nc3ccc4c(c3)OCCO4)c3ccccc3n2)cc1. The van der Waals surface area contributed by atoms with Gasteiger partial charge in [0.05, 0.1) is 5.52 Å². The Balaban J connectivity index is 1.59. The Labute approximate surface area is 156 Å². The fourth-order valence-electron chi connectivity index (χ4n) is 3.15. The Morgan fingerprint density at radius 2 is 1.52 bits per heavy atom. The first-order valence-electron chi connectivity index (χ1n) is 8.86. The predicted octanol–water partition coefficient (Wildman–Crippen LogP) is 4.81. The lowest BCUT2D eigenvalue weighted by molar-refractivity contribution is 0.171. The van der Waals surface area contributed by atoms with E-state index in [1.54, 1.807) is 0 Å². The minimum Gasteiger partial charge on any atom is -0.486 e. The monoisotopic (exact) mass is 355 g/mol. The molecule has 0 bridgehead atoms. The van der Waals surface area contributed by atoms with Crippen molar-refractivity contribution in [3.63, 3.8) is 0 Å². The number of anilines is 2. The molecule has 3 aromatic carbocycles. The highest BCUT2D eigenvalue weighted by atomic mass is 16.6. The number of fused-ring (bicyclic) bond motifs is 2. The van der Waals surface area contributed by atoms with E-state index in [1.807, 2.05) is 72.8 Å². The molecule has 5 rings (SSSR count). The van der Waals surface area contributed by atoms with Crippen LogP contribution in [0, 0.1) is 0 Å². The molecule has 1 aliphatic rings. The van der Waals surface area contributed by atoms with E-state index in [4.69, 9.17) is 19.4 Å². The van der Waals surface area contributed by atoms with Gasteiger partial charge < -0.3 is 14.8 Å². The van der Waals surface area contributed by atoms with Gasteiger partial charge in [-0.3, -0.25) is 0 Å². The number of nitrogens with zero attached hydrogens (tertiary/aromatic N) is 2. The summed E-state index contributed by atoms with van der Waals surface area (Å²) in [6.07, 6.45) is 0. The predicted molar refractivity (Wildman–Crippen MR) is 106 cm³/mol. The van der Waals surface area contributed by atoms with E-state index in [-0.39, 0.29) is 0 Å². The molecule has 0 amide bonds. The first-order valence-corrected chi connectivity index (χ1v) is 8.86. The molecule has 5 nitrogen and oxygen atoms in total. The van der Waals surface area contributed by atoms with E-state index in [2.05, 4.69) is 5.32 Å². The van der Waals surface area contributed by atoms with Crippen molar-refractivity contribution in [2.75, 3.05) is 18.5 Å². The summed E-state index contributed by atoms with van der Waals surface area (Å²) in [6.45, 7) is 1.14. The van der Waals surface area contributed by atoms with Crippen LogP contribution in [0.5, 0.6) is 11.5 Å². The highest BCUT2D eigenvalue weighted by molar-refractivity contribution is 5.92. The number of hydrogen-bond donors (Lipinski definition) is 1. The molecule has 0 atom stereocenters. The topological polar surface area (TPSA) is 56.3 Å². The zero-order chi connectivity index (χ0) is 18.1. The summed E-state index contributed by atoms with van der Waals surface area (Å²) in [6, 6.07) is 23.8. The van der Waals surface area contributed by atoms with E-state index >= 15 is 0 Å². The van der Waals surface area contributed by atoms with Gasteiger partial charge in [0.15, 0.2) is 17.3 Å². The summed E-state index contributed by atoms with van der Waals surface area (Å²) in [5, 5.41) is 4.39. The number of ether oxygens (including phenoxy) is 2. The summed E-state index contributed by atoms with van der Waals surface area (Å²) in [5.41, 5.74) is 2.77. The number of benzene rings is 3. The van der Waals surface area contributed by atoms with E-state index < -0.39 is 0 Å². The van der Waals surface area contributed by atoms with Gasteiger partial charge in [0.2, 0.25) is 0 Å². The summed E-state index contributed by atoms with van der Waals surface area (Å²) < 4.78 is 11.3. The molecule has 2 heterocycles. The molecule has 0 unspecified atom stereocenters. The summed E-state index contributed by atoms with van der Waals surface area (Å²) in [4.78, 5) is 9.51. The van der Waals surface area contributed by atoms with E-state index in [0.717, 1.165) is 39.5 Å². The summed E-state index contributed by atoms with van der Waals surface area (Å²) in [5.74, 6) is 2.96. The van der Waals surface area contributed by atoms with Crippen LogP contribution in [-0.2, 0) is 0 Å². The lowest BCUT2D eigenvalue weighted by Gasteiger charge is -2.19. The van der Waals surface area contributed by atoms with Gasteiger partial charge in [0, 0.05) is 22.7 Å². The molecular formula is C22H17N3O2. The molecule has 0 saturated heterocycles. The molecule has 1 aliphatic heterocycles. The van der Waals surface area contributed by atoms with Crippen LogP contribution in [0.4, 0.5) is 11.5 Å². The molecular weight excluding hydrogens is 338 g/mol. The van der Waals surface area contributed by atoms with Crippen LogP contribution in [0.3, 0.4) is 0 Å². The fourth-order valence-corrected chi connectivity index (χ4v) is 3.15. The van der Waals surface area contributed by atoms with Gasteiger partial charge in [0.1, 0.15) is 19.0 Å². The average molecular weight is 355 g/mol. The molecule has 1 aromatic heterocycles. The number of nitrogens with one attached hydrogen (secondary N) is 1. The smallest absolute Gasteiger partial charge is 0.163 e. The number of hydrogen-bond acceptors (Lipinski definition) is 5. The van der Waals surface area contributed by atoms with Crippen LogP contribution >= 0.6 is 0 Å². The third kappa shape index (κ3) is 3.04. The van der Waals surface area contributed by atoms with Gasteiger partial charge in [-0.15, -0.1) is 0 Å². The molecule has 0 spiro atoms. The van der Waals surface area contributed by atoms with Crippen LogP contribution < -0.4 is 14.8 Å². The van der Waals surface area contributed by atoms with Crippen molar-refractivity contribution in [3.8, 4) is 22.9 Å². The molecule has 0 aliphatic carbocycles. The van der Waals surface area contributed by atoms with Gasteiger partial charge in [-0.05, 0) is 24.3 Å². The fraction of sp³-hybridized carbons (Fsp3) is 0.0909. The Morgan fingerprint density at radius 1 is 0.741 bits per heavy atom. The summed E-state index contributed by atoms with van der Waals surface area (Å²) >= 11 is 0. The lowest BCUT2D eigenvalue weighted by Crippen LogP contribution is -2.15. The van der Waals surface area contributed by atoms with Gasteiger partial charge in [0.25, 0.3) is 0 Å². The van der Waals surface area contributed by atoms with Gasteiger partial charge in [-0.2, -0.15) is 0 Å². The highest BCUT2D eigenvalue weighted by Crippen LogP contribution is 2.34. The maximum absolute atomic E-state index is 5.68. The third-order valence-electron chi connectivity index (χ3n) is 4.44. The second-order valence-electron chi connectivity index (χ2n) is 6.26. The van der Waals surface area contributed by atoms with Crippen LogP contribution in [0.2, 0.25) is 0 Å². The second kappa shape index (κ2) is 6.61. The van der Waals surface area contributed by atoms with E-state index in [9.17, 15) is 0 Å². The lowest BCUT2D eigenvalue weighted by atomic mass is 10.1. The molecule has 1 N–H and O–H groups in total. The first-order chi connectivity index (χ1) is 13.4. The molecule has 0 fully saturated rings. The van der Waals surface area contributed by atoms with Crippen molar-refractivity contribution in [1.82, 2.24) is 9.97 Å². The van der Waals surface area contributed by atoms with Crippen LogP contribution in [0.1, 0.15) is 0 Å². The molecule has 4 aromatic rings. The largest absolute Gasteiger partial charge is 0.486 e. The normalized spacial score (nSPS) is 12.7. The van der Waals surface area contributed by atoms with E-state index in [0.29, 0.717) is 19.0 Å². The molecule has 0 radical (unpaired) electrons. The minimum atomic E-state index is 0.561.